The normalized spacial score (nSPS) is 49.3. The van der Waals surface area contributed by atoms with Gasteiger partial charge in [-0.25, -0.2) is 4.39 Å². The molecule has 0 spiro atoms. The summed E-state index contributed by atoms with van der Waals surface area (Å²) in [6.45, 7) is 1.95. The zero-order valence-electron chi connectivity index (χ0n) is 4.25. The first-order chi connectivity index (χ1) is 3.17. The lowest BCUT2D eigenvalue weighted by molar-refractivity contribution is 0.392. The smallest absolute Gasteiger partial charge is 0.187 e. The highest BCUT2D eigenvalue weighted by Crippen LogP contribution is 2.52. The van der Waals surface area contributed by atoms with Gasteiger partial charge in [0.25, 0.3) is 0 Å². The van der Waals surface area contributed by atoms with Crippen molar-refractivity contribution in [2.75, 3.05) is 0 Å². The lowest BCUT2D eigenvalue weighted by Crippen LogP contribution is -1.88. The second-order valence-electron chi connectivity index (χ2n) is 2.07. The molecule has 0 amide bonds. The van der Waals surface area contributed by atoms with Crippen LogP contribution in [0.1, 0.15) is 19.8 Å². The van der Waals surface area contributed by atoms with E-state index < -0.39 is 5.13 Å². The predicted molar refractivity (Wildman–Crippen MR) is 28.1 cm³/mol. The van der Waals surface area contributed by atoms with Gasteiger partial charge in [-0.05, 0) is 6.42 Å². The van der Waals surface area contributed by atoms with Crippen molar-refractivity contribution in [3.05, 3.63) is 0 Å². The van der Waals surface area contributed by atoms with E-state index in [-0.39, 0.29) is 5.92 Å². The van der Waals surface area contributed by atoms with Crippen molar-refractivity contribution >= 4 is 11.6 Å². The molecule has 7 heavy (non-hydrogen) atoms. The fourth-order valence-electron chi connectivity index (χ4n) is 0.713. The van der Waals surface area contributed by atoms with Crippen LogP contribution in [0, 0.1) is 5.92 Å². The van der Waals surface area contributed by atoms with Crippen molar-refractivity contribution in [3.63, 3.8) is 0 Å². The molecule has 0 bridgehead atoms. The molecule has 42 valence electrons. The van der Waals surface area contributed by atoms with Crippen LogP contribution < -0.4 is 0 Å². The van der Waals surface area contributed by atoms with E-state index in [4.69, 9.17) is 11.6 Å². The molecule has 0 heterocycles. The average Bonchev–Trinajstić information content (AvgIpc) is 2.13. The van der Waals surface area contributed by atoms with Crippen LogP contribution in [0.5, 0.6) is 0 Å². The Morgan fingerprint density at radius 1 is 2.00 bits per heavy atom. The summed E-state index contributed by atoms with van der Waals surface area (Å²) < 4.78 is 12.2. The molecule has 0 saturated heterocycles. The van der Waals surface area contributed by atoms with Crippen LogP contribution in [0.3, 0.4) is 0 Å². The molecule has 0 aromatic carbocycles. The summed E-state index contributed by atoms with van der Waals surface area (Å²) in [4.78, 5) is 0. The fraction of sp³-hybridized carbons (Fsp3) is 1.00. The maximum atomic E-state index is 12.2. The third kappa shape index (κ3) is 0.880. The summed E-state index contributed by atoms with van der Waals surface area (Å²) in [5, 5.41) is -1.31. The Morgan fingerprint density at radius 2 is 2.43 bits per heavy atom. The first-order valence-corrected chi connectivity index (χ1v) is 2.92. The second kappa shape index (κ2) is 1.35. The Hall–Kier alpha value is 0.220. The molecule has 0 radical (unpaired) electrons. The Morgan fingerprint density at radius 3 is 2.43 bits per heavy atom. The maximum absolute atomic E-state index is 12.2. The number of halogens is 2. The summed E-state index contributed by atoms with van der Waals surface area (Å²) in [6, 6.07) is 0. The standard InChI is InChI=1S/C5H8ClF/c1-2-4-3-5(4,6)7/h4H,2-3H2,1H3/t4-,5+/m0/s1. The molecule has 1 aliphatic carbocycles. The SMILES string of the molecule is CC[C@H]1C[C@]1(F)Cl. The van der Waals surface area contributed by atoms with E-state index in [1.165, 1.54) is 0 Å². The molecule has 0 aromatic heterocycles. The Balaban J connectivity index is 2.30. The zero-order chi connectivity index (χ0) is 5.49. The first kappa shape index (κ1) is 5.36. The minimum Gasteiger partial charge on any atom is -0.226 e. The topological polar surface area (TPSA) is 0 Å². The Labute approximate surface area is 47.7 Å². The Bertz CT molecular complexity index is 80.1. The van der Waals surface area contributed by atoms with Crippen LogP contribution in [0.4, 0.5) is 4.39 Å². The van der Waals surface area contributed by atoms with E-state index in [2.05, 4.69) is 0 Å². The van der Waals surface area contributed by atoms with Gasteiger partial charge in [0.1, 0.15) is 0 Å². The van der Waals surface area contributed by atoms with E-state index in [9.17, 15) is 4.39 Å². The van der Waals surface area contributed by atoms with Crippen molar-refractivity contribution in [1.82, 2.24) is 0 Å². The second-order valence-corrected chi connectivity index (χ2v) is 2.70. The van der Waals surface area contributed by atoms with Crippen LogP contribution in [-0.4, -0.2) is 5.13 Å². The first-order valence-electron chi connectivity index (χ1n) is 2.54. The number of hydrogen-bond acceptors (Lipinski definition) is 0. The van der Waals surface area contributed by atoms with Gasteiger partial charge in [0, 0.05) is 12.3 Å². The highest BCUT2D eigenvalue weighted by molar-refractivity contribution is 6.24. The molecule has 0 aliphatic heterocycles. The van der Waals surface area contributed by atoms with Gasteiger partial charge in [-0.1, -0.05) is 18.5 Å². The van der Waals surface area contributed by atoms with Gasteiger partial charge < -0.3 is 0 Å². The van der Waals surface area contributed by atoms with Gasteiger partial charge in [0.2, 0.25) is 0 Å². The molecule has 0 aromatic rings. The molecule has 0 nitrogen and oxygen atoms in total. The third-order valence-electron chi connectivity index (χ3n) is 1.45. The molecule has 1 fully saturated rings. The molecule has 2 atom stereocenters. The van der Waals surface area contributed by atoms with Gasteiger partial charge in [-0.3, -0.25) is 0 Å². The zero-order valence-corrected chi connectivity index (χ0v) is 5.00. The summed E-state index contributed by atoms with van der Waals surface area (Å²) in [7, 11) is 0. The van der Waals surface area contributed by atoms with Crippen LogP contribution >= 0.6 is 11.6 Å². The minimum atomic E-state index is -1.31. The van der Waals surface area contributed by atoms with Gasteiger partial charge in [0.05, 0.1) is 0 Å². The molecular weight excluding hydrogens is 115 g/mol. The van der Waals surface area contributed by atoms with Gasteiger partial charge in [-0.15, -0.1) is 0 Å². The summed E-state index contributed by atoms with van der Waals surface area (Å²) in [5.74, 6) is 0.147. The number of rotatable bonds is 1. The molecule has 1 aliphatic rings. The highest BCUT2D eigenvalue weighted by atomic mass is 35.5. The third-order valence-corrected chi connectivity index (χ3v) is 1.91. The largest absolute Gasteiger partial charge is 0.226 e. The monoisotopic (exact) mass is 122 g/mol. The van der Waals surface area contributed by atoms with Crippen molar-refractivity contribution in [1.29, 1.82) is 0 Å². The summed E-state index contributed by atoms with van der Waals surface area (Å²) in [5.41, 5.74) is 0. The van der Waals surface area contributed by atoms with Crippen LogP contribution in [0.25, 0.3) is 0 Å². The summed E-state index contributed by atoms with van der Waals surface area (Å²) in [6.07, 6.45) is 1.44. The quantitative estimate of drug-likeness (QED) is 0.469. The van der Waals surface area contributed by atoms with Gasteiger partial charge in [0.15, 0.2) is 5.13 Å². The highest BCUT2D eigenvalue weighted by Gasteiger charge is 2.52. The van der Waals surface area contributed by atoms with Crippen LogP contribution in [0.15, 0.2) is 0 Å². The van der Waals surface area contributed by atoms with Crippen LogP contribution in [0.2, 0.25) is 0 Å². The van der Waals surface area contributed by atoms with Crippen molar-refractivity contribution in [2.45, 2.75) is 24.9 Å². The lowest BCUT2D eigenvalue weighted by atomic mass is 10.3. The average molecular weight is 123 g/mol. The molecule has 0 N–H and O–H groups in total. The Kier molecular flexibility index (Phi) is 1.03. The van der Waals surface area contributed by atoms with Crippen molar-refractivity contribution in [2.24, 2.45) is 5.92 Å². The van der Waals surface area contributed by atoms with E-state index >= 15 is 0 Å². The van der Waals surface area contributed by atoms with E-state index in [0.29, 0.717) is 6.42 Å². The fourth-order valence-corrected chi connectivity index (χ4v) is 1.05. The molecule has 1 saturated carbocycles. The van der Waals surface area contributed by atoms with Crippen LogP contribution in [-0.2, 0) is 0 Å². The van der Waals surface area contributed by atoms with Crippen molar-refractivity contribution < 1.29 is 4.39 Å². The predicted octanol–water partition coefficient (Wildman–Crippen LogP) is 2.32. The maximum Gasteiger partial charge on any atom is 0.187 e. The molecular formula is C5H8ClF. The van der Waals surface area contributed by atoms with E-state index in [1.54, 1.807) is 0 Å². The van der Waals surface area contributed by atoms with Gasteiger partial charge >= 0.3 is 0 Å². The molecule has 2 heteroatoms. The van der Waals surface area contributed by atoms with Crippen molar-refractivity contribution in [3.8, 4) is 0 Å². The number of alkyl halides is 2. The minimum absolute atomic E-state index is 0.147. The number of hydrogen-bond donors (Lipinski definition) is 0. The van der Waals surface area contributed by atoms with Gasteiger partial charge in [-0.2, -0.15) is 0 Å². The van der Waals surface area contributed by atoms with E-state index in [0.717, 1.165) is 6.42 Å². The lowest BCUT2D eigenvalue weighted by Gasteiger charge is -1.88. The molecule has 1 rings (SSSR count). The summed E-state index contributed by atoms with van der Waals surface area (Å²) >= 11 is 5.24. The van der Waals surface area contributed by atoms with E-state index in [1.807, 2.05) is 6.92 Å². The molecule has 0 unspecified atom stereocenters.